The summed E-state index contributed by atoms with van der Waals surface area (Å²) in [5.41, 5.74) is 2.68. The van der Waals surface area contributed by atoms with Gasteiger partial charge in [-0.25, -0.2) is 9.97 Å². The third-order valence-electron chi connectivity index (χ3n) is 4.69. The molecule has 0 unspecified atom stereocenters. The topological polar surface area (TPSA) is 88.0 Å². The first-order chi connectivity index (χ1) is 12.4. The van der Waals surface area contributed by atoms with Crippen molar-refractivity contribution in [1.29, 1.82) is 0 Å². The van der Waals surface area contributed by atoms with Crippen molar-refractivity contribution >= 4 is 23.3 Å². The SMILES string of the molecule is CNC(=O)c1nc(C)c(C)c(N2CC[C@@H](NCc3nn(C)cc3Cl)C2)n1. The predicted octanol–water partition coefficient (Wildman–Crippen LogP) is 1.21. The summed E-state index contributed by atoms with van der Waals surface area (Å²) in [4.78, 5) is 22.9. The molecule has 0 radical (unpaired) electrons. The van der Waals surface area contributed by atoms with Gasteiger partial charge in [-0.3, -0.25) is 9.48 Å². The van der Waals surface area contributed by atoms with Crippen molar-refractivity contribution in [3.63, 3.8) is 0 Å². The van der Waals surface area contributed by atoms with E-state index in [9.17, 15) is 4.79 Å². The first kappa shape index (κ1) is 18.6. The Morgan fingerprint density at radius 3 is 2.81 bits per heavy atom. The average molecular weight is 378 g/mol. The van der Waals surface area contributed by atoms with Crippen LogP contribution in [-0.4, -0.2) is 51.8 Å². The molecule has 9 heteroatoms. The minimum atomic E-state index is -0.270. The fourth-order valence-corrected chi connectivity index (χ4v) is 3.37. The second-order valence-corrected chi connectivity index (χ2v) is 6.98. The van der Waals surface area contributed by atoms with E-state index in [0.717, 1.165) is 42.3 Å². The van der Waals surface area contributed by atoms with Crippen LogP contribution in [0.25, 0.3) is 0 Å². The Morgan fingerprint density at radius 1 is 1.38 bits per heavy atom. The molecule has 140 valence electrons. The number of carbonyl (C=O) groups excluding carboxylic acids is 1. The lowest BCUT2D eigenvalue weighted by Crippen LogP contribution is -2.33. The molecule has 2 N–H and O–H groups in total. The zero-order valence-corrected chi connectivity index (χ0v) is 16.3. The highest BCUT2D eigenvalue weighted by Gasteiger charge is 2.26. The summed E-state index contributed by atoms with van der Waals surface area (Å²) < 4.78 is 1.72. The summed E-state index contributed by atoms with van der Waals surface area (Å²) in [5, 5.41) is 11.1. The number of anilines is 1. The summed E-state index contributed by atoms with van der Waals surface area (Å²) in [6.07, 6.45) is 2.79. The molecule has 0 saturated carbocycles. The van der Waals surface area contributed by atoms with Gasteiger partial charge in [0.25, 0.3) is 5.91 Å². The van der Waals surface area contributed by atoms with E-state index in [1.165, 1.54) is 0 Å². The molecule has 1 aliphatic rings. The van der Waals surface area contributed by atoms with Crippen LogP contribution in [0.1, 0.15) is 34.0 Å². The second-order valence-electron chi connectivity index (χ2n) is 6.57. The number of aromatic nitrogens is 4. The molecule has 0 bridgehead atoms. The van der Waals surface area contributed by atoms with E-state index < -0.39 is 0 Å². The molecule has 0 aromatic carbocycles. The van der Waals surface area contributed by atoms with E-state index in [1.54, 1.807) is 17.9 Å². The van der Waals surface area contributed by atoms with E-state index in [1.807, 2.05) is 20.9 Å². The molecular weight excluding hydrogens is 354 g/mol. The quantitative estimate of drug-likeness (QED) is 0.814. The van der Waals surface area contributed by atoms with Crippen molar-refractivity contribution < 1.29 is 4.79 Å². The zero-order chi connectivity index (χ0) is 18.8. The highest BCUT2D eigenvalue weighted by atomic mass is 35.5. The van der Waals surface area contributed by atoms with E-state index >= 15 is 0 Å². The standard InChI is InChI=1S/C17H24ClN7O/c1-10-11(2)21-15(17(26)19-3)22-16(10)25-6-5-12(8-25)20-7-14-13(18)9-24(4)23-14/h9,12,20H,5-8H2,1-4H3,(H,19,26)/t12-/m1/s1. The van der Waals surface area contributed by atoms with Crippen molar-refractivity contribution in [2.75, 3.05) is 25.0 Å². The van der Waals surface area contributed by atoms with Crippen LogP contribution in [0.15, 0.2) is 6.20 Å². The molecule has 2 aromatic heterocycles. The molecule has 0 aliphatic carbocycles. The van der Waals surface area contributed by atoms with Crippen LogP contribution in [-0.2, 0) is 13.6 Å². The predicted molar refractivity (Wildman–Crippen MR) is 101 cm³/mol. The van der Waals surface area contributed by atoms with Gasteiger partial charge in [0.05, 0.1) is 10.7 Å². The largest absolute Gasteiger partial charge is 0.355 e. The molecule has 26 heavy (non-hydrogen) atoms. The number of hydrogen-bond donors (Lipinski definition) is 2. The summed E-state index contributed by atoms with van der Waals surface area (Å²) >= 11 is 6.17. The number of carbonyl (C=O) groups is 1. The van der Waals surface area contributed by atoms with E-state index in [2.05, 4.69) is 30.6 Å². The third-order valence-corrected chi connectivity index (χ3v) is 5.01. The van der Waals surface area contributed by atoms with Gasteiger partial charge >= 0.3 is 0 Å². The first-order valence-corrected chi connectivity index (χ1v) is 9.00. The minimum Gasteiger partial charge on any atom is -0.355 e. The monoisotopic (exact) mass is 377 g/mol. The Hall–Kier alpha value is -2.19. The van der Waals surface area contributed by atoms with Crippen LogP contribution in [0.5, 0.6) is 0 Å². The normalized spacial score (nSPS) is 17.0. The van der Waals surface area contributed by atoms with Crippen LogP contribution in [0.2, 0.25) is 5.02 Å². The zero-order valence-electron chi connectivity index (χ0n) is 15.5. The lowest BCUT2D eigenvalue weighted by Gasteiger charge is -2.21. The average Bonchev–Trinajstić information content (AvgIpc) is 3.20. The minimum absolute atomic E-state index is 0.210. The Balaban J connectivity index is 1.69. The maximum absolute atomic E-state index is 11.9. The summed E-state index contributed by atoms with van der Waals surface area (Å²) in [5.74, 6) is 0.770. The van der Waals surface area contributed by atoms with Crippen molar-refractivity contribution in [3.8, 4) is 0 Å². The molecule has 1 saturated heterocycles. The van der Waals surface area contributed by atoms with Crippen molar-refractivity contribution in [2.45, 2.75) is 32.9 Å². The number of amides is 1. The van der Waals surface area contributed by atoms with Crippen LogP contribution < -0.4 is 15.5 Å². The fourth-order valence-electron chi connectivity index (χ4n) is 3.12. The Kier molecular flexibility index (Phi) is 5.43. The van der Waals surface area contributed by atoms with Gasteiger partial charge in [-0.05, 0) is 20.3 Å². The molecule has 1 aliphatic heterocycles. The molecular formula is C17H24ClN7O. The number of hydrogen-bond acceptors (Lipinski definition) is 6. The van der Waals surface area contributed by atoms with Gasteiger partial charge in [0, 0.05) is 57.2 Å². The van der Waals surface area contributed by atoms with Crippen LogP contribution in [0, 0.1) is 13.8 Å². The lowest BCUT2D eigenvalue weighted by molar-refractivity contribution is 0.0952. The Bertz CT molecular complexity index is 820. The first-order valence-electron chi connectivity index (χ1n) is 8.62. The van der Waals surface area contributed by atoms with Gasteiger partial charge in [-0.1, -0.05) is 11.6 Å². The molecule has 8 nitrogen and oxygen atoms in total. The van der Waals surface area contributed by atoms with Crippen molar-refractivity contribution in [1.82, 2.24) is 30.4 Å². The number of halogens is 1. The fraction of sp³-hybridized carbons (Fsp3) is 0.529. The molecule has 2 aromatic rings. The maximum Gasteiger partial charge on any atom is 0.288 e. The van der Waals surface area contributed by atoms with Crippen LogP contribution >= 0.6 is 11.6 Å². The number of nitrogens with one attached hydrogen (secondary N) is 2. The van der Waals surface area contributed by atoms with E-state index in [4.69, 9.17) is 11.6 Å². The molecule has 1 amide bonds. The van der Waals surface area contributed by atoms with Gasteiger partial charge in [-0.2, -0.15) is 5.10 Å². The van der Waals surface area contributed by atoms with E-state index in [0.29, 0.717) is 17.6 Å². The van der Waals surface area contributed by atoms with Gasteiger partial charge in [0.15, 0.2) is 0 Å². The van der Waals surface area contributed by atoms with Crippen LogP contribution in [0.3, 0.4) is 0 Å². The summed E-state index contributed by atoms with van der Waals surface area (Å²) in [7, 11) is 3.44. The van der Waals surface area contributed by atoms with Gasteiger partial charge in [0.1, 0.15) is 5.82 Å². The summed E-state index contributed by atoms with van der Waals surface area (Å²) in [6, 6.07) is 0.311. The highest BCUT2D eigenvalue weighted by molar-refractivity contribution is 6.31. The summed E-state index contributed by atoms with van der Waals surface area (Å²) in [6.45, 7) is 6.21. The van der Waals surface area contributed by atoms with Crippen molar-refractivity contribution in [2.24, 2.45) is 7.05 Å². The third kappa shape index (κ3) is 3.81. The van der Waals surface area contributed by atoms with Crippen LogP contribution in [0.4, 0.5) is 5.82 Å². The molecule has 0 spiro atoms. The molecule has 3 heterocycles. The maximum atomic E-state index is 11.9. The van der Waals surface area contributed by atoms with Gasteiger partial charge in [-0.15, -0.1) is 0 Å². The second kappa shape index (κ2) is 7.59. The Morgan fingerprint density at radius 2 is 2.15 bits per heavy atom. The molecule has 1 atom stereocenters. The lowest BCUT2D eigenvalue weighted by atomic mass is 10.2. The number of aryl methyl sites for hydroxylation is 2. The Labute approximate surface area is 158 Å². The number of rotatable bonds is 5. The smallest absolute Gasteiger partial charge is 0.288 e. The molecule has 3 rings (SSSR count). The van der Waals surface area contributed by atoms with E-state index in [-0.39, 0.29) is 11.7 Å². The number of nitrogens with zero attached hydrogens (tertiary/aromatic N) is 5. The molecule has 1 fully saturated rings. The van der Waals surface area contributed by atoms with Gasteiger partial charge < -0.3 is 15.5 Å². The van der Waals surface area contributed by atoms with Gasteiger partial charge in [0.2, 0.25) is 5.82 Å². The highest BCUT2D eigenvalue weighted by Crippen LogP contribution is 2.24. The van der Waals surface area contributed by atoms with Crippen molar-refractivity contribution in [3.05, 3.63) is 34.0 Å².